The summed E-state index contributed by atoms with van der Waals surface area (Å²) in [7, 11) is 0. The molecule has 0 aromatic rings. The van der Waals surface area contributed by atoms with Crippen molar-refractivity contribution in [3.8, 4) is 0 Å². The molecule has 21 heavy (non-hydrogen) atoms. The molecular formula is C17H29F3O. The fraction of sp³-hybridized carbons (Fsp3) is 1.00. The van der Waals surface area contributed by atoms with E-state index >= 15 is 0 Å². The van der Waals surface area contributed by atoms with Gasteiger partial charge < -0.3 is 5.11 Å². The number of hydrogen-bond donors (Lipinski definition) is 1. The van der Waals surface area contributed by atoms with Crippen LogP contribution < -0.4 is 0 Å². The summed E-state index contributed by atoms with van der Waals surface area (Å²) in [5, 5.41) is 9.74. The fourth-order valence-corrected chi connectivity index (χ4v) is 5.11. The zero-order chi connectivity index (χ0) is 16.4. The Labute approximate surface area is 126 Å². The van der Waals surface area contributed by atoms with Gasteiger partial charge in [0.1, 0.15) is 0 Å². The van der Waals surface area contributed by atoms with Crippen molar-refractivity contribution in [2.45, 2.75) is 66.2 Å². The number of hydrogen-bond acceptors (Lipinski definition) is 1. The van der Waals surface area contributed by atoms with Crippen molar-refractivity contribution < 1.29 is 18.3 Å². The molecule has 124 valence electrons. The van der Waals surface area contributed by atoms with E-state index in [2.05, 4.69) is 34.6 Å². The monoisotopic (exact) mass is 306 g/mol. The lowest BCUT2D eigenvalue weighted by Gasteiger charge is -2.69. The molecule has 6 unspecified atom stereocenters. The number of aliphatic hydroxyl groups is 1. The molecule has 4 heteroatoms. The molecule has 6 atom stereocenters. The molecule has 2 aliphatic rings. The van der Waals surface area contributed by atoms with Crippen LogP contribution in [-0.4, -0.2) is 16.9 Å². The number of fused-ring (bicyclic) bond motifs is 1. The molecule has 1 N–H and O–H groups in total. The smallest absolute Gasteiger partial charge is 0.381 e. The van der Waals surface area contributed by atoms with Crippen LogP contribution in [0.4, 0.5) is 13.2 Å². The highest BCUT2D eigenvalue weighted by atomic mass is 19.4. The van der Waals surface area contributed by atoms with Crippen LogP contribution in [0.3, 0.4) is 0 Å². The lowest BCUT2D eigenvalue weighted by atomic mass is 9.36. The van der Waals surface area contributed by atoms with Crippen LogP contribution in [0.5, 0.6) is 0 Å². The molecule has 2 aliphatic carbocycles. The third kappa shape index (κ3) is 2.73. The summed E-state index contributed by atoms with van der Waals surface area (Å²) in [6.45, 7) is 12.0. The highest BCUT2D eigenvalue weighted by Gasteiger charge is 2.65. The van der Waals surface area contributed by atoms with Crippen molar-refractivity contribution in [2.24, 2.45) is 40.9 Å². The minimum Gasteiger partial charge on any atom is -0.381 e. The highest BCUT2D eigenvalue weighted by Crippen LogP contribution is 2.69. The van der Waals surface area contributed by atoms with Gasteiger partial charge in [0.25, 0.3) is 0 Å². The van der Waals surface area contributed by atoms with E-state index in [1.807, 2.05) is 0 Å². The maximum Gasteiger partial charge on any atom is 0.416 e. The van der Waals surface area contributed by atoms with E-state index in [-0.39, 0.29) is 17.8 Å². The normalized spacial score (nSPS) is 39.3. The molecule has 0 bridgehead atoms. The lowest BCUT2D eigenvalue weighted by molar-refractivity contribution is -0.279. The molecule has 0 aliphatic heterocycles. The summed E-state index contributed by atoms with van der Waals surface area (Å²) < 4.78 is 38.6. The summed E-state index contributed by atoms with van der Waals surface area (Å²) >= 11 is 0. The molecule has 2 fully saturated rings. The van der Waals surface area contributed by atoms with E-state index in [0.717, 1.165) is 13.3 Å². The Bertz CT molecular complexity index is 392. The van der Waals surface area contributed by atoms with E-state index in [4.69, 9.17) is 0 Å². The zero-order valence-corrected chi connectivity index (χ0v) is 14.0. The second-order valence-electron chi connectivity index (χ2n) is 8.93. The van der Waals surface area contributed by atoms with Crippen LogP contribution in [0.1, 0.15) is 54.4 Å². The van der Waals surface area contributed by atoms with E-state index in [9.17, 15) is 18.3 Å². The SMILES string of the molecule is CC(C)C1C2C(CC(C)(O)C(F)(F)F)CC2C1C(C)(C)C. The second-order valence-corrected chi connectivity index (χ2v) is 8.93. The standard InChI is InChI=1S/C17H29F3O/c1-9(2)12-13-10(8-16(6,21)17(18,19)20)7-11(13)14(12)15(3,4)5/h9-14,21H,7-8H2,1-6H3. The molecule has 2 saturated carbocycles. The fourth-order valence-electron chi connectivity index (χ4n) is 5.11. The van der Waals surface area contributed by atoms with Crippen LogP contribution in [0.2, 0.25) is 0 Å². The summed E-state index contributed by atoms with van der Waals surface area (Å²) in [5.41, 5.74) is -2.33. The van der Waals surface area contributed by atoms with E-state index in [0.29, 0.717) is 29.6 Å². The van der Waals surface area contributed by atoms with E-state index < -0.39 is 11.8 Å². The molecule has 0 radical (unpaired) electrons. The van der Waals surface area contributed by atoms with Crippen LogP contribution in [0.25, 0.3) is 0 Å². The van der Waals surface area contributed by atoms with Gasteiger partial charge in [-0.15, -0.1) is 0 Å². The summed E-state index contributed by atoms with van der Waals surface area (Å²) in [5.74, 6) is 2.56. The average Bonchev–Trinajstić information content (AvgIpc) is 2.18. The summed E-state index contributed by atoms with van der Waals surface area (Å²) in [6, 6.07) is 0. The van der Waals surface area contributed by atoms with Gasteiger partial charge in [-0.05, 0) is 60.7 Å². The molecule has 1 nitrogen and oxygen atoms in total. The van der Waals surface area contributed by atoms with Gasteiger partial charge in [-0.3, -0.25) is 0 Å². The lowest BCUT2D eigenvalue weighted by Crippen LogP contribution is -2.65. The first-order valence-electron chi connectivity index (χ1n) is 8.06. The Morgan fingerprint density at radius 2 is 1.62 bits per heavy atom. The Kier molecular flexibility index (Phi) is 3.97. The third-order valence-electron chi connectivity index (χ3n) is 5.97. The maximum atomic E-state index is 12.9. The largest absolute Gasteiger partial charge is 0.416 e. The van der Waals surface area contributed by atoms with Gasteiger partial charge in [0.05, 0.1) is 0 Å². The van der Waals surface area contributed by atoms with E-state index in [1.54, 1.807) is 0 Å². The van der Waals surface area contributed by atoms with Crippen LogP contribution in [0.15, 0.2) is 0 Å². The minimum atomic E-state index is -4.53. The first kappa shape index (κ1) is 17.1. The van der Waals surface area contributed by atoms with Gasteiger partial charge in [0.15, 0.2) is 5.60 Å². The molecular weight excluding hydrogens is 277 g/mol. The predicted octanol–water partition coefficient (Wildman–Crippen LogP) is 4.89. The number of alkyl halides is 3. The maximum absolute atomic E-state index is 12.9. The molecule has 2 rings (SSSR count). The van der Waals surface area contributed by atoms with Crippen molar-refractivity contribution in [3.63, 3.8) is 0 Å². The molecule has 0 amide bonds. The first-order valence-corrected chi connectivity index (χ1v) is 8.06. The van der Waals surface area contributed by atoms with Crippen molar-refractivity contribution in [1.29, 1.82) is 0 Å². The van der Waals surface area contributed by atoms with E-state index in [1.165, 1.54) is 0 Å². The predicted molar refractivity (Wildman–Crippen MR) is 77.7 cm³/mol. The molecule has 0 spiro atoms. The van der Waals surface area contributed by atoms with Crippen molar-refractivity contribution >= 4 is 0 Å². The van der Waals surface area contributed by atoms with Gasteiger partial charge >= 0.3 is 6.18 Å². The molecule has 0 heterocycles. The van der Waals surface area contributed by atoms with Crippen LogP contribution in [0, 0.1) is 40.9 Å². The number of rotatable bonds is 3. The average molecular weight is 306 g/mol. The van der Waals surface area contributed by atoms with Gasteiger partial charge in [-0.2, -0.15) is 13.2 Å². The molecule has 0 aromatic heterocycles. The Hall–Kier alpha value is -0.250. The minimum absolute atomic E-state index is 0.0256. The zero-order valence-electron chi connectivity index (χ0n) is 14.0. The van der Waals surface area contributed by atoms with Gasteiger partial charge in [-0.1, -0.05) is 34.6 Å². The molecule has 0 aromatic carbocycles. The first-order chi connectivity index (χ1) is 9.27. The topological polar surface area (TPSA) is 20.2 Å². The quantitative estimate of drug-likeness (QED) is 0.787. The number of halogens is 3. The Balaban J connectivity index is 2.07. The van der Waals surface area contributed by atoms with Gasteiger partial charge in [0, 0.05) is 0 Å². The Morgan fingerprint density at radius 3 is 2.00 bits per heavy atom. The Morgan fingerprint density at radius 1 is 1.10 bits per heavy atom. The highest BCUT2D eigenvalue weighted by molar-refractivity contribution is 5.12. The second kappa shape index (κ2) is 4.87. The van der Waals surface area contributed by atoms with Gasteiger partial charge in [0.2, 0.25) is 0 Å². The van der Waals surface area contributed by atoms with Crippen molar-refractivity contribution in [2.75, 3.05) is 0 Å². The molecule has 0 saturated heterocycles. The van der Waals surface area contributed by atoms with Crippen molar-refractivity contribution in [1.82, 2.24) is 0 Å². The van der Waals surface area contributed by atoms with Crippen molar-refractivity contribution in [3.05, 3.63) is 0 Å². The van der Waals surface area contributed by atoms with Crippen LogP contribution >= 0.6 is 0 Å². The third-order valence-corrected chi connectivity index (χ3v) is 5.97. The summed E-state index contributed by atoms with van der Waals surface area (Å²) in [4.78, 5) is 0. The van der Waals surface area contributed by atoms with Gasteiger partial charge in [-0.25, -0.2) is 0 Å². The summed E-state index contributed by atoms with van der Waals surface area (Å²) in [6.07, 6.45) is -3.82. The van der Waals surface area contributed by atoms with Crippen LogP contribution in [-0.2, 0) is 0 Å².